The first-order valence-electron chi connectivity index (χ1n) is 6.20. The highest BCUT2D eigenvalue weighted by molar-refractivity contribution is 6.19. The van der Waals surface area contributed by atoms with Crippen LogP contribution in [0.1, 0.15) is 67.4 Å². The molecule has 0 aromatic heterocycles. The number of benzene rings is 1. The Morgan fingerprint density at radius 1 is 1.18 bits per heavy atom. The molecular formula is C15H21ClO. The van der Waals surface area contributed by atoms with Crippen molar-refractivity contribution in [2.75, 3.05) is 5.88 Å². The highest BCUT2D eigenvalue weighted by atomic mass is 35.5. The van der Waals surface area contributed by atoms with Crippen LogP contribution >= 0.6 is 11.6 Å². The van der Waals surface area contributed by atoms with Crippen LogP contribution in [0.3, 0.4) is 0 Å². The van der Waals surface area contributed by atoms with Gasteiger partial charge in [0.2, 0.25) is 0 Å². The molecule has 0 aliphatic heterocycles. The third-order valence-corrected chi connectivity index (χ3v) is 3.18. The lowest BCUT2D eigenvalue weighted by Crippen LogP contribution is -2.07. The molecule has 1 nitrogen and oxygen atoms in total. The quantitative estimate of drug-likeness (QED) is 0.546. The fraction of sp³-hybridized carbons (Fsp3) is 0.533. The molecule has 94 valence electrons. The van der Waals surface area contributed by atoms with E-state index < -0.39 is 0 Å². The lowest BCUT2D eigenvalue weighted by molar-refractivity contribution is 0.0988. The fourth-order valence-electron chi connectivity index (χ4n) is 1.89. The number of carbonyl (C=O) groups excluding carboxylic acids is 1. The van der Waals surface area contributed by atoms with Gasteiger partial charge in [-0.3, -0.25) is 4.79 Å². The summed E-state index contributed by atoms with van der Waals surface area (Å²) in [6.07, 6.45) is 0.419. The molecule has 17 heavy (non-hydrogen) atoms. The van der Waals surface area contributed by atoms with Gasteiger partial charge >= 0.3 is 0 Å². The molecule has 0 aliphatic carbocycles. The Kier molecular flexibility index (Phi) is 5.20. The second-order valence-electron chi connectivity index (χ2n) is 5.02. The van der Waals surface area contributed by atoms with Gasteiger partial charge in [0.1, 0.15) is 0 Å². The van der Waals surface area contributed by atoms with Gasteiger partial charge in [0.05, 0.1) is 0 Å². The van der Waals surface area contributed by atoms with Crippen LogP contribution in [0.4, 0.5) is 0 Å². The van der Waals surface area contributed by atoms with Crippen LogP contribution in [0.5, 0.6) is 0 Å². The van der Waals surface area contributed by atoms with Gasteiger partial charge in [0.25, 0.3) is 0 Å². The molecule has 0 saturated heterocycles. The Hall–Kier alpha value is -0.820. The number of halogens is 1. The van der Waals surface area contributed by atoms with E-state index in [1.165, 1.54) is 5.56 Å². The molecule has 0 aliphatic rings. The molecular weight excluding hydrogens is 232 g/mol. The summed E-state index contributed by atoms with van der Waals surface area (Å²) in [6.45, 7) is 8.58. The summed E-state index contributed by atoms with van der Waals surface area (Å²) in [5, 5.41) is 0. The van der Waals surface area contributed by atoms with Crippen molar-refractivity contribution in [2.45, 2.75) is 46.0 Å². The molecule has 0 atom stereocenters. The molecule has 0 bridgehead atoms. The van der Waals surface area contributed by atoms with Gasteiger partial charge in [0.15, 0.2) is 5.78 Å². The van der Waals surface area contributed by atoms with Crippen molar-refractivity contribution in [1.82, 2.24) is 0 Å². The lowest BCUT2D eigenvalue weighted by atomic mass is 9.89. The minimum Gasteiger partial charge on any atom is -0.294 e. The normalized spacial score (nSPS) is 11.2. The Bertz CT molecular complexity index is 394. The van der Waals surface area contributed by atoms with Gasteiger partial charge in [-0.15, -0.1) is 11.6 Å². The van der Waals surface area contributed by atoms with E-state index in [9.17, 15) is 4.79 Å². The molecule has 0 saturated carbocycles. The second kappa shape index (κ2) is 6.20. The van der Waals surface area contributed by atoms with Gasteiger partial charge in [-0.25, -0.2) is 0 Å². The van der Waals surface area contributed by atoms with Crippen molar-refractivity contribution >= 4 is 17.4 Å². The molecule has 1 rings (SSSR count). The Morgan fingerprint density at radius 2 is 1.82 bits per heavy atom. The molecule has 0 N–H and O–H groups in total. The van der Waals surface area contributed by atoms with Crippen LogP contribution in [0.25, 0.3) is 0 Å². The average molecular weight is 253 g/mol. The number of hydrogen-bond donors (Lipinski definition) is 0. The zero-order valence-corrected chi connectivity index (χ0v) is 11.8. The summed E-state index contributed by atoms with van der Waals surface area (Å²) < 4.78 is 0. The summed E-state index contributed by atoms with van der Waals surface area (Å²) in [4.78, 5) is 12.0. The summed E-state index contributed by atoms with van der Waals surface area (Å²) in [5.74, 6) is 1.40. The van der Waals surface area contributed by atoms with Crippen LogP contribution in [0, 0.1) is 0 Å². The first kappa shape index (κ1) is 14.2. The van der Waals surface area contributed by atoms with Crippen molar-refractivity contribution in [2.24, 2.45) is 0 Å². The molecule has 0 spiro atoms. The van der Waals surface area contributed by atoms with Crippen LogP contribution in [0.15, 0.2) is 18.2 Å². The average Bonchev–Trinajstić information content (AvgIpc) is 2.28. The van der Waals surface area contributed by atoms with E-state index in [-0.39, 0.29) is 5.78 Å². The fourth-order valence-corrected chi connectivity index (χ4v) is 2.06. The molecule has 0 fully saturated rings. The topological polar surface area (TPSA) is 17.1 Å². The second-order valence-corrected chi connectivity index (χ2v) is 5.40. The van der Waals surface area contributed by atoms with E-state index in [1.54, 1.807) is 0 Å². The Morgan fingerprint density at radius 3 is 2.29 bits per heavy atom. The molecule has 2 heteroatoms. The molecule has 1 aromatic carbocycles. The number of Topliss-reactive ketones (excluding diaryl/α,β-unsaturated/α-hetero) is 1. The Labute approximate surface area is 109 Å². The number of carbonyl (C=O) groups is 1. The van der Waals surface area contributed by atoms with Crippen LogP contribution in [-0.2, 0) is 0 Å². The first-order valence-corrected chi connectivity index (χ1v) is 6.73. The van der Waals surface area contributed by atoms with E-state index in [0.29, 0.717) is 24.1 Å². The SMILES string of the molecule is CC(C)c1ccc(C(=O)CCCl)c(C(C)C)c1. The standard InChI is InChI=1S/C15H21ClO/c1-10(2)12-5-6-13(15(17)7-8-16)14(9-12)11(3)4/h5-6,9-11H,7-8H2,1-4H3. The minimum absolute atomic E-state index is 0.152. The first-order chi connectivity index (χ1) is 7.97. The third-order valence-electron chi connectivity index (χ3n) is 2.99. The summed E-state index contributed by atoms with van der Waals surface area (Å²) in [7, 11) is 0. The maximum absolute atomic E-state index is 12.0. The molecule has 0 radical (unpaired) electrons. The third kappa shape index (κ3) is 3.57. The summed E-state index contributed by atoms with van der Waals surface area (Å²) in [6, 6.07) is 6.17. The van der Waals surface area contributed by atoms with E-state index in [2.05, 4.69) is 39.8 Å². The summed E-state index contributed by atoms with van der Waals surface area (Å²) >= 11 is 5.64. The van der Waals surface area contributed by atoms with E-state index in [0.717, 1.165) is 11.1 Å². The van der Waals surface area contributed by atoms with Gasteiger partial charge in [0, 0.05) is 17.9 Å². The van der Waals surface area contributed by atoms with Gasteiger partial charge in [-0.1, -0.05) is 45.9 Å². The van der Waals surface area contributed by atoms with Crippen molar-refractivity contribution in [3.8, 4) is 0 Å². The number of ketones is 1. The van der Waals surface area contributed by atoms with Gasteiger partial charge < -0.3 is 0 Å². The molecule has 0 amide bonds. The van der Waals surface area contributed by atoms with E-state index in [1.807, 2.05) is 6.07 Å². The zero-order valence-electron chi connectivity index (χ0n) is 11.1. The summed E-state index contributed by atoms with van der Waals surface area (Å²) in [5.41, 5.74) is 3.27. The minimum atomic E-state index is 0.152. The predicted molar refractivity (Wildman–Crippen MR) is 74.3 cm³/mol. The lowest BCUT2D eigenvalue weighted by Gasteiger charge is -2.15. The number of alkyl halides is 1. The van der Waals surface area contributed by atoms with Crippen molar-refractivity contribution in [1.29, 1.82) is 0 Å². The maximum atomic E-state index is 12.0. The van der Waals surface area contributed by atoms with Crippen LogP contribution in [0.2, 0.25) is 0 Å². The number of hydrogen-bond acceptors (Lipinski definition) is 1. The van der Waals surface area contributed by atoms with Crippen LogP contribution in [-0.4, -0.2) is 11.7 Å². The Balaban J connectivity index is 3.17. The monoisotopic (exact) mass is 252 g/mol. The van der Waals surface area contributed by atoms with Gasteiger partial charge in [-0.2, -0.15) is 0 Å². The zero-order chi connectivity index (χ0) is 13.0. The molecule has 1 aromatic rings. The maximum Gasteiger partial charge on any atom is 0.164 e. The van der Waals surface area contributed by atoms with Crippen molar-refractivity contribution in [3.63, 3.8) is 0 Å². The van der Waals surface area contributed by atoms with Crippen molar-refractivity contribution in [3.05, 3.63) is 34.9 Å². The highest BCUT2D eigenvalue weighted by Crippen LogP contribution is 2.25. The van der Waals surface area contributed by atoms with E-state index >= 15 is 0 Å². The highest BCUT2D eigenvalue weighted by Gasteiger charge is 2.14. The predicted octanol–water partition coefficient (Wildman–Crippen LogP) is 4.75. The van der Waals surface area contributed by atoms with E-state index in [4.69, 9.17) is 11.6 Å². The molecule has 0 unspecified atom stereocenters. The van der Waals surface area contributed by atoms with Gasteiger partial charge in [-0.05, 0) is 23.0 Å². The smallest absolute Gasteiger partial charge is 0.164 e. The van der Waals surface area contributed by atoms with Crippen molar-refractivity contribution < 1.29 is 4.79 Å². The van der Waals surface area contributed by atoms with Crippen LogP contribution < -0.4 is 0 Å². The number of rotatable bonds is 5. The largest absolute Gasteiger partial charge is 0.294 e. The molecule has 0 heterocycles.